The second kappa shape index (κ2) is 5.96. The van der Waals surface area contributed by atoms with Gasteiger partial charge in [-0.05, 0) is 24.3 Å². The predicted molar refractivity (Wildman–Crippen MR) is 75.8 cm³/mol. The quantitative estimate of drug-likeness (QED) is 0.858. The number of nitrogens with one attached hydrogen (secondary N) is 1. The first-order valence-corrected chi connectivity index (χ1v) is 6.87. The number of hydrogen-bond donors (Lipinski definition) is 1. The summed E-state index contributed by atoms with van der Waals surface area (Å²) in [6.07, 6.45) is 1.05. The number of rotatable bonds is 4. The molecule has 1 atom stereocenters. The monoisotopic (exact) mass is 286 g/mol. The zero-order chi connectivity index (χ0) is 15.5. The van der Waals surface area contributed by atoms with E-state index in [2.05, 4.69) is 11.4 Å². The zero-order valence-electron chi connectivity index (χ0n) is 12.1. The summed E-state index contributed by atoms with van der Waals surface area (Å²) in [5.41, 5.74) is -0.376. The van der Waals surface area contributed by atoms with Gasteiger partial charge in [0.25, 0.3) is 0 Å². The molecule has 1 aliphatic rings. The van der Waals surface area contributed by atoms with E-state index in [1.54, 1.807) is 24.3 Å². The molecule has 1 fully saturated rings. The van der Waals surface area contributed by atoms with Crippen LogP contribution in [0, 0.1) is 22.7 Å². The molecular weight excluding hydrogens is 268 g/mol. The summed E-state index contributed by atoms with van der Waals surface area (Å²) in [5.74, 6) is -0.596. The average Bonchev–Trinajstić information content (AvgIpc) is 2.49. The number of benzene rings is 1. The molecule has 1 aromatic rings. The number of hydrogen-bond acceptors (Lipinski definition) is 4. The van der Waals surface area contributed by atoms with E-state index in [-0.39, 0.29) is 0 Å². The molecule has 110 valence electrons. The molecule has 1 N–H and O–H groups in total. The topological polar surface area (TPSA) is 79.2 Å². The van der Waals surface area contributed by atoms with Gasteiger partial charge in [0.05, 0.1) is 13.2 Å². The van der Waals surface area contributed by atoms with Gasteiger partial charge in [0.2, 0.25) is 5.91 Å². The highest BCUT2D eigenvalue weighted by atomic mass is 16.5. The molecule has 2 rings (SSSR count). The summed E-state index contributed by atoms with van der Waals surface area (Å²) in [6, 6.07) is 10.1. The SMILES string of the molecule is COC(=O)C(NC(=O)C1(C#N)CC(C)C1)c1ccccc1. The molecule has 0 spiro atoms. The lowest BCUT2D eigenvalue weighted by atomic mass is 9.63. The maximum absolute atomic E-state index is 12.4. The third kappa shape index (κ3) is 2.89. The van der Waals surface area contributed by atoms with E-state index < -0.39 is 23.3 Å². The van der Waals surface area contributed by atoms with Gasteiger partial charge < -0.3 is 10.1 Å². The van der Waals surface area contributed by atoms with Crippen molar-refractivity contribution in [3.8, 4) is 6.07 Å². The van der Waals surface area contributed by atoms with Gasteiger partial charge >= 0.3 is 5.97 Å². The Labute approximate surface area is 123 Å². The molecule has 1 aliphatic carbocycles. The average molecular weight is 286 g/mol. The van der Waals surface area contributed by atoms with Crippen LogP contribution in [0.4, 0.5) is 0 Å². The summed E-state index contributed by atoms with van der Waals surface area (Å²) in [4.78, 5) is 24.3. The van der Waals surface area contributed by atoms with Crippen molar-refractivity contribution in [2.45, 2.75) is 25.8 Å². The first-order chi connectivity index (χ1) is 10.0. The highest BCUT2D eigenvalue weighted by molar-refractivity contribution is 5.91. The van der Waals surface area contributed by atoms with Crippen LogP contribution in [0.25, 0.3) is 0 Å². The number of amides is 1. The van der Waals surface area contributed by atoms with Gasteiger partial charge in [0.1, 0.15) is 5.41 Å². The molecule has 5 heteroatoms. The molecule has 0 bridgehead atoms. The molecule has 1 amide bonds. The smallest absolute Gasteiger partial charge is 0.333 e. The van der Waals surface area contributed by atoms with E-state index >= 15 is 0 Å². The van der Waals surface area contributed by atoms with E-state index in [1.165, 1.54) is 7.11 Å². The fourth-order valence-electron chi connectivity index (χ4n) is 2.77. The Morgan fingerprint density at radius 1 is 1.38 bits per heavy atom. The lowest BCUT2D eigenvalue weighted by Gasteiger charge is -2.39. The molecule has 1 saturated carbocycles. The zero-order valence-corrected chi connectivity index (χ0v) is 12.1. The van der Waals surface area contributed by atoms with Gasteiger partial charge in [-0.2, -0.15) is 5.26 Å². The van der Waals surface area contributed by atoms with Crippen LogP contribution in [0.2, 0.25) is 0 Å². The van der Waals surface area contributed by atoms with Gasteiger partial charge in [-0.1, -0.05) is 37.3 Å². The van der Waals surface area contributed by atoms with Crippen molar-refractivity contribution in [2.75, 3.05) is 7.11 Å². The fourth-order valence-corrected chi connectivity index (χ4v) is 2.77. The largest absolute Gasteiger partial charge is 0.467 e. The van der Waals surface area contributed by atoms with Crippen molar-refractivity contribution < 1.29 is 14.3 Å². The molecule has 0 heterocycles. The number of carbonyl (C=O) groups excluding carboxylic acids is 2. The number of ether oxygens (including phenoxy) is 1. The van der Waals surface area contributed by atoms with Crippen LogP contribution in [0.5, 0.6) is 0 Å². The maximum Gasteiger partial charge on any atom is 0.333 e. The number of nitrogens with zero attached hydrogens (tertiary/aromatic N) is 1. The summed E-state index contributed by atoms with van der Waals surface area (Å²) < 4.78 is 4.75. The van der Waals surface area contributed by atoms with Gasteiger partial charge in [-0.3, -0.25) is 4.79 Å². The third-order valence-electron chi connectivity index (χ3n) is 3.89. The molecule has 21 heavy (non-hydrogen) atoms. The number of methoxy groups -OCH3 is 1. The molecule has 0 aromatic heterocycles. The fraction of sp³-hybridized carbons (Fsp3) is 0.438. The highest BCUT2D eigenvalue weighted by Gasteiger charge is 2.49. The van der Waals surface area contributed by atoms with Gasteiger partial charge in [-0.25, -0.2) is 4.79 Å². The minimum atomic E-state index is -1.01. The Balaban J connectivity index is 2.19. The molecular formula is C16H18N2O3. The Bertz CT molecular complexity index is 571. The summed E-state index contributed by atoms with van der Waals surface area (Å²) in [5, 5.41) is 11.9. The highest BCUT2D eigenvalue weighted by Crippen LogP contribution is 2.45. The lowest BCUT2D eigenvalue weighted by molar-refractivity contribution is -0.147. The molecule has 5 nitrogen and oxygen atoms in total. The Morgan fingerprint density at radius 2 is 2.00 bits per heavy atom. The normalized spacial score (nSPS) is 25.1. The molecule has 1 unspecified atom stereocenters. The van der Waals surface area contributed by atoms with Crippen molar-refractivity contribution >= 4 is 11.9 Å². The molecule has 0 saturated heterocycles. The Morgan fingerprint density at radius 3 is 2.48 bits per heavy atom. The van der Waals surface area contributed by atoms with Crippen molar-refractivity contribution in [1.82, 2.24) is 5.32 Å². The molecule has 0 aliphatic heterocycles. The summed E-state index contributed by atoms with van der Waals surface area (Å²) in [6.45, 7) is 2.00. The second-order valence-electron chi connectivity index (χ2n) is 5.55. The van der Waals surface area contributed by atoms with E-state index in [1.807, 2.05) is 13.0 Å². The summed E-state index contributed by atoms with van der Waals surface area (Å²) in [7, 11) is 1.27. The minimum Gasteiger partial charge on any atom is -0.467 e. The van der Waals surface area contributed by atoms with Crippen molar-refractivity contribution in [3.05, 3.63) is 35.9 Å². The second-order valence-corrected chi connectivity index (χ2v) is 5.55. The van der Waals surface area contributed by atoms with Gasteiger partial charge in [0, 0.05) is 0 Å². The Hall–Kier alpha value is -2.35. The van der Waals surface area contributed by atoms with Crippen molar-refractivity contribution in [2.24, 2.45) is 11.3 Å². The first-order valence-electron chi connectivity index (χ1n) is 6.87. The van der Waals surface area contributed by atoms with Crippen molar-refractivity contribution in [1.29, 1.82) is 5.26 Å². The van der Waals surface area contributed by atoms with Crippen molar-refractivity contribution in [3.63, 3.8) is 0 Å². The van der Waals surface area contributed by atoms with Crippen LogP contribution in [0.1, 0.15) is 31.4 Å². The van der Waals surface area contributed by atoms with Gasteiger partial charge in [-0.15, -0.1) is 0 Å². The van der Waals surface area contributed by atoms with E-state index in [0.29, 0.717) is 24.3 Å². The Kier molecular flexibility index (Phi) is 4.27. The summed E-state index contributed by atoms with van der Waals surface area (Å²) >= 11 is 0. The van der Waals surface area contributed by atoms with Crippen LogP contribution < -0.4 is 5.32 Å². The first kappa shape index (κ1) is 15.0. The van der Waals surface area contributed by atoms with E-state index in [4.69, 9.17) is 4.74 Å². The molecule has 1 aromatic carbocycles. The minimum absolute atomic E-state index is 0.351. The maximum atomic E-state index is 12.4. The number of nitriles is 1. The third-order valence-corrected chi connectivity index (χ3v) is 3.89. The molecule has 0 radical (unpaired) electrons. The van der Waals surface area contributed by atoms with E-state index in [0.717, 1.165) is 0 Å². The van der Waals surface area contributed by atoms with Crippen LogP contribution in [0.15, 0.2) is 30.3 Å². The lowest BCUT2D eigenvalue weighted by Crippen LogP contribution is -2.50. The van der Waals surface area contributed by atoms with E-state index in [9.17, 15) is 14.9 Å². The predicted octanol–water partition coefficient (Wildman–Crippen LogP) is 1.96. The number of esters is 1. The van der Waals surface area contributed by atoms with Crippen LogP contribution in [0.3, 0.4) is 0 Å². The standard InChI is InChI=1S/C16H18N2O3/c1-11-8-16(9-11,10-17)15(20)18-13(14(19)21-2)12-6-4-3-5-7-12/h3-7,11,13H,8-9H2,1-2H3,(H,18,20). The van der Waals surface area contributed by atoms with Crippen LogP contribution in [-0.2, 0) is 14.3 Å². The van der Waals surface area contributed by atoms with Crippen LogP contribution >= 0.6 is 0 Å². The van der Waals surface area contributed by atoms with Crippen LogP contribution in [-0.4, -0.2) is 19.0 Å². The number of carbonyl (C=O) groups is 2. The van der Waals surface area contributed by atoms with Gasteiger partial charge in [0.15, 0.2) is 6.04 Å².